The Kier molecular flexibility index (Phi) is 5.02. The molecule has 2 rings (SSSR count). The number of nitrogens with one attached hydrogen (secondary N) is 1. The number of hydrogen-bond acceptors (Lipinski definition) is 3. The Morgan fingerprint density at radius 1 is 1.04 bits per heavy atom. The number of sulfonamides is 1. The highest BCUT2D eigenvalue weighted by Crippen LogP contribution is 2.21. The number of benzene rings is 2. The van der Waals surface area contributed by atoms with Gasteiger partial charge in [-0.1, -0.05) is 35.9 Å². The van der Waals surface area contributed by atoms with Crippen LogP contribution in [0.3, 0.4) is 0 Å². The lowest BCUT2D eigenvalue weighted by molar-refractivity contribution is 0.101. The molecule has 1 N–H and O–H groups in total. The number of Topliss-reactive ketones (excluding diaryl/α,β-unsaturated/α-hetero) is 1. The summed E-state index contributed by atoms with van der Waals surface area (Å²) >= 11 is 0. The molecule has 0 spiro atoms. The predicted octanol–water partition coefficient (Wildman–Crippen LogP) is 3.55. The fourth-order valence-electron chi connectivity index (χ4n) is 2.46. The number of ketones is 1. The summed E-state index contributed by atoms with van der Waals surface area (Å²) in [4.78, 5) is 11.4. The van der Waals surface area contributed by atoms with E-state index < -0.39 is 10.0 Å². The molecule has 5 heteroatoms. The van der Waals surface area contributed by atoms with E-state index >= 15 is 0 Å². The molecule has 0 aliphatic heterocycles. The van der Waals surface area contributed by atoms with Gasteiger partial charge in [-0.2, -0.15) is 0 Å². The Morgan fingerprint density at radius 2 is 1.65 bits per heavy atom. The Balaban J connectivity index is 2.26. The minimum Gasteiger partial charge on any atom is -0.295 e. The second-order valence-corrected chi connectivity index (χ2v) is 7.50. The van der Waals surface area contributed by atoms with Gasteiger partial charge in [0.15, 0.2) is 5.78 Å². The molecule has 0 saturated carbocycles. The molecule has 0 saturated heterocycles. The van der Waals surface area contributed by atoms with E-state index in [1.807, 2.05) is 39.0 Å². The zero-order valence-electron chi connectivity index (χ0n) is 13.8. The molecule has 2 aromatic rings. The van der Waals surface area contributed by atoms with Crippen molar-refractivity contribution in [3.05, 3.63) is 64.7 Å². The van der Waals surface area contributed by atoms with E-state index in [4.69, 9.17) is 0 Å². The molecule has 1 atom stereocenters. The number of carbonyl (C=O) groups is 1. The van der Waals surface area contributed by atoms with E-state index in [0.29, 0.717) is 5.56 Å². The highest BCUT2D eigenvalue weighted by molar-refractivity contribution is 7.89. The van der Waals surface area contributed by atoms with Crippen molar-refractivity contribution in [2.45, 2.75) is 38.6 Å². The van der Waals surface area contributed by atoms with E-state index in [2.05, 4.69) is 4.72 Å². The highest BCUT2D eigenvalue weighted by atomic mass is 32.2. The molecule has 0 fully saturated rings. The summed E-state index contributed by atoms with van der Waals surface area (Å²) in [5.74, 6) is -0.0920. The molecule has 23 heavy (non-hydrogen) atoms. The van der Waals surface area contributed by atoms with E-state index in [9.17, 15) is 13.2 Å². The zero-order chi connectivity index (χ0) is 17.2. The lowest BCUT2D eigenvalue weighted by Gasteiger charge is -2.17. The predicted molar refractivity (Wildman–Crippen MR) is 91.1 cm³/mol. The summed E-state index contributed by atoms with van der Waals surface area (Å²) in [5.41, 5.74) is 3.57. The van der Waals surface area contributed by atoms with Crippen molar-refractivity contribution < 1.29 is 13.2 Å². The summed E-state index contributed by atoms with van der Waals surface area (Å²) in [6, 6.07) is 11.6. The van der Waals surface area contributed by atoms with Gasteiger partial charge in [-0.25, -0.2) is 13.1 Å². The zero-order valence-corrected chi connectivity index (χ0v) is 14.6. The Labute approximate surface area is 137 Å². The molecule has 0 radical (unpaired) electrons. The molecule has 0 aliphatic carbocycles. The molecule has 0 aromatic heterocycles. The van der Waals surface area contributed by atoms with Crippen LogP contribution in [0.15, 0.2) is 47.4 Å². The van der Waals surface area contributed by atoms with Gasteiger partial charge in [0.05, 0.1) is 4.90 Å². The van der Waals surface area contributed by atoms with Crippen LogP contribution in [0.5, 0.6) is 0 Å². The lowest BCUT2D eigenvalue weighted by Crippen LogP contribution is -2.27. The smallest absolute Gasteiger partial charge is 0.241 e. The molecule has 122 valence electrons. The lowest BCUT2D eigenvalue weighted by atomic mass is 10.0. The van der Waals surface area contributed by atoms with E-state index in [1.165, 1.54) is 31.2 Å². The van der Waals surface area contributed by atoms with Gasteiger partial charge in [-0.3, -0.25) is 4.79 Å². The highest BCUT2D eigenvalue weighted by Gasteiger charge is 2.19. The summed E-state index contributed by atoms with van der Waals surface area (Å²) < 4.78 is 27.7. The number of rotatable bonds is 5. The van der Waals surface area contributed by atoms with Gasteiger partial charge < -0.3 is 0 Å². The maximum absolute atomic E-state index is 12.5. The van der Waals surface area contributed by atoms with Gasteiger partial charge in [0.2, 0.25) is 10.0 Å². The van der Waals surface area contributed by atoms with Crippen LogP contribution in [0.2, 0.25) is 0 Å². The summed E-state index contributed by atoms with van der Waals surface area (Å²) in [6.07, 6.45) is 0. The average molecular weight is 331 g/mol. The standard InChI is InChI=1S/C18H21NO3S/c1-12-5-6-13(2)18(11-12)14(3)19-23(21,22)17-9-7-16(8-10-17)15(4)20/h5-11,14,19H,1-4H3. The van der Waals surface area contributed by atoms with Crippen molar-refractivity contribution in [1.82, 2.24) is 4.72 Å². The molecular formula is C18H21NO3S. The van der Waals surface area contributed by atoms with Crippen LogP contribution in [0.4, 0.5) is 0 Å². The molecule has 0 heterocycles. The second kappa shape index (κ2) is 6.64. The topological polar surface area (TPSA) is 63.2 Å². The van der Waals surface area contributed by atoms with Crippen LogP contribution in [0.1, 0.15) is 46.9 Å². The van der Waals surface area contributed by atoms with Crippen molar-refractivity contribution >= 4 is 15.8 Å². The third-order valence-electron chi connectivity index (χ3n) is 3.80. The molecule has 4 nitrogen and oxygen atoms in total. The van der Waals surface area contributed by atoms with E-state index in [-0.39, 0.29) is 16.7 Å². The van der Waals surface area contributed by atoms with Gasteiger partial charge in [-0.15, -0.1) is 0 Å². The number of aryl methyl sites for hydroxylation is 2. The molecular weight excluding hydrogens is 310 g/mol. The SMILES string of the molecule is CC(=O)c1ccc(S(=O)(=O)NC(C)c2cc(C)ccc2C)cc1. The molecule has 0 aliphatic rings. The van der Waals surface area contributed by atoms with Crippen molar-refractivity contribution in [1.29, 1.82) is 0 Å². The first-order valence-corrected chi connectivity index (χ1v) is 8.89. The first-order chi connectivity index (χ1) is 10.7. The van der Waals surface area contributed by atoms with Crippen molar-refractivity contribution in [2.24, 2.45) is 0 Å². The molecule has 0 bridgehead atoms. The number of hydrogen-bond donors (Lipinski definition) is 1. The van der Waals surface area contributed by atoms with Gasteiger partial charge in [0.25, 0.3) is 0 Å². The number of carbonyl (C=O) groups excluding carboxylic acids is 1. The first-order valence-electron chi connectivity index (χ1n) is 7.41. The fourth-order valence-corrected chi connectivity index (χ4v) is 3.68. The molecule has 0 amide bonds. The van der Waals surface area contributed by atoms with Crippen LogP contribution in [0.25, 0.3) is 0 Å². The van der Waals surface area contributed by atoms with Crippen LogP contribution in [-0.2, 0) is 10.0 Å². The molecule has 2 aromatic carbocycles. The quantitative estimate of drug-likeness (QED) is 0.852. The summed E-state index contributed by atoms with van der Waals surface area (Å²) in [5, 5.41) is 0. The van der Waals surface area contributed by atoms with Crippen LogP contribution >= 0.6 is 0 Å². The summed E-state index contributed by atoms with van der Waals surface area (Å²) in [7, 11) is -3.64. The van der Waals surface area contributed by atoms with E-state index in [1.54, 1.807) is 0 Å². The fraction of sp³-hybridized carbons (Fsp3) is 0.278. The minimum atomic E-state index is -3.64. The van der Waals surface area contributed by atoms with Crippen molar-refractivity contribution in [3.8, 4) is 0 Å². The summed E-state index contributed by atoms with van der Waals surface area (Å²) in [6.45, 7) is 7.21. The second-order valence-electron chi connectivity index (χ2n) is 5.78. The monoisotopic (exact) mass is 331 g/mol. The first kappa shape index (κ1) is 17.4. The Hall–Kier alpha value is -1.98. The van der Waals surface area contributed by atoms with Crippen molar-refractivity contribution in [2.75, 3.05) is 0 Å². The third-order valence-corrected chi connectivity index (χ3v) is 5.36. The van der Waals surface area contributed by atoms with Crippen LogP contribution in [-0.4, -0.2) is 14.2 Å². The maximum Gasteiger partial charge on any atom is 0.241 e. The van der Waals surface area contributed by atoms with Gasteiger partial charge >= 0.3 is 0 Å². The normalized spacial score (nSPS) is 12.9. The van der Waals surface area contributed by atoms with E-state index in [0.717, 1.165) is 16.7 Å². The largest absolute Gasteiger partial charge is 0.295 e. The van der Waals surface area contributed by atoms with Crippen LogP contribution < -0.4 is 4.72 Å². The Morgan fingerprint density at radius 3 is 2.22 bits per heavy atom. The maximum atomic E-state index is 12.5. The average Bonchev–Trinajstić information content (AvgIpc) is 2.49. The van der Waals surface area contributed by atoms with Crippen molar-refractivity contribution in [3.63, 3.8) is 0 Å². The van der Waals surface area contributed by atoms with Crippen LogP contribution in [0, 0.1) is 13.8 Å². The molecule has 1 unspecified atom stereocenters. The van der Waals surface area contributed by atoms with Gasteiger partial charge in [-0.05, 0) is 51.0 Å². The minimum absolute atomic E-state index is 0.0920. The van der Waals surface area contributed by atoms with Gasteiger partial charge in [0, 0.05) is 11.6 Å². The van der Waals surface area contributed by atoms with Gasteiger partial charge in [0.1, 0.15) is 0 Å². The Bertz CT molecular complexity index is 824. The third kappa shape index (κ3) is 4.06.